The molecule has 8 heteroatoms. The smallest absolute Gasteiger partial charge is 0.295 e. The second-order valence-corrected chi connectivity index (χ2v) is 4.66. The van der Waals surface area contributed by atoms with Crippen LogP contribution in [0.1, 0.15) is 16.2 Å². The van der Waals surface area contributed by atoms with Gasteiger partial charge in [0.25, 0.3) is 11.7 Å². The molecule has 0 atom stereocenters. The number of carbonyl (C=O) groups excluding carboxylic acids is 1. The Morgan fingerprint density at radius 3 is 2.60 bits per heavy atom. The van der Waals surface area contributed by atoms with Crippen LogP contribution in [0.3, 0.4) is 0 Å². The maximum atomic E-state index is 12.0. The SMILES string of the molecule is O=C(c1nn[nH]n1)N1CCN(Cc2ccncc2)CC1. The Kier molecular flexibility index (Phi) is 3.64. The van der Waals surface area contributed by atoms with E-state index >= 15 is 0 Å². The van der Waals surface area contributed by atoms with Crippen molar-refractivity contribution in [3.8, 4) is 0 Å². The second kappa shape index (κ2) is 5.74. The normalized spacial score (nSPS) is 16.3. The number of amides is 1. The van der Waals surface area contributed by atoms with E-state index in [-0.39, 0.29) is 11.7 Å². The lowest BCUT2D eigenvalue weighted by molar-refractivity contribution is 0.0616. The molecule has 20 heavy (non-hydrogen) atoms. The molecule has 0 aliphatic carbocycles. The number of aromatic nitrogens is 5. The van der Waals surface area contributed by atoms with Crippen LogP contribution in [-0.2, 0) is 6.54 Å². The van der Waals surface area contributed by atoms with Gasteiger partial charge >= 0.3 is 0 Å². The summed E-state index contributed by atoms with van der Waals surface area (Å²) < 4.78 is 0. The summed E-state index contributed by atoms with van der Waals surface area (Å²) in [7, 11) is 0. The highest BCUT2D eigenvalue weighted by Gasteiger charge is 2.24. The van der Waals surface area contributed by atoms with Gasteiger partial charge in [0.1, 0.15) is 0 Å². The van der Waals surface area contributed by atoms with E-state index in [2.05, 4.69) is 30.5 Å². The lowest BCUT2D eigenvalue weighted by Crippen LogP contribution is -2.48. The van der Waals surface area contributed by atoms with Gasteiger partial charge in [0.15, 0.2) is 0 Å². The molecule has 0 unspecified atom stereocenters. The molecule has 8 nitrogen and oxygen atoms in total. The Labute approximate surface area is 115 Å². The first kappa shape index (κ1) is 12.7. The summed E-state index contributed by atoms with van der Waals surface area (Å²) in [6, 6.07) is 4.02. The van der Waals surface area contributed by atoms with E-state index in [1.807, 2.05) is 12.1 Å². The number of hydrogen-bond acceptors (Lipinski definition) is 6. The van der Waals surface area contributed by atoms with Crippen LogP contribution in [0.2, 0.25) is 0 Å². The molecule has 0 radical (unpaired) electrons. The summed E-state index contributed by atoms with van der Waals surface area (Å²) in [6.45, 7) is 3.92. The Bertz CT molecular complexity index is 548. The minimum absolute atomic E-state index is 0.132. The van der Waals surface area contributed by atoms with Crippen LogP contribution in [0.4, 0.5) is 0 Å². The fourth-order valence-electron chi connectivity index (χ4n) is 2.25. The summed E-state index contributed by atoms with van der Waals surface area (Å²) in [6.07, 6.45) is 3.59. The molecule has 1 amide bonds. The molecule has 1 N–H and O–H groups in total. The largest absolute Gasteiger partial charge is 0.333 e. The second-order valence-electron chi connectivity index (χ2n) is 4.66. The number of H-pyrrole nitrogens is 1. The van der Waals surface area contributed by atoms with Gasteiger partial charge in [-0.15, -0.1) is 10.2 Å². The first-order chi connectivity index (χ1) is 9.83. The number of hydrogen-bond donors (Lipinski definition) is 1. The van der Waals surface area contributed by atoms with Crippen molar-refractivity contribution in [2.45, 2.75) is 6.54 Å². The lowest BCUT2D eigenvalue weighted by Gasteiger charge is -2.34. The molecule has 1 aliphatic heterocycles. The standard InChI is InChI=1S/C12H15N7O/c20-12(11-14-16-17-15-11)19-7-5-18(6-8-19)9-10-1-3-13-4-2-10/h1-4H,5-9H2,(H,14,15,16,17). The fourth-order valence-corrected chi connectivity index (χ4v) is 2.25. The highest BCUT2D eigenvalue weighted by atomic mass is 16.2. The number of nitrogens with zero attached hydrogens (tertiary/aromatic N) is 6. The molecule has 1 saturated heterocycles. The summed E-state index contributed by atoms with van der Waals surface area (Å²) in [5.41, 5.74) is 1.23. The molecule has 1 aliphatic rings. The topological polar surface area (TPSA) is 90.9 Å². The van der Waals surface area contributed by atoms with Crippen LogP contribution >= 0.6 is 0 Å². The Hall–Kier alpha value is -2.35. The van der Waals surface area contributed by atoms with Crippen molar-refractivity contribution in [2.75, 3.05) is 26.2 Å². The number of tetrazole rings is 1. The highest BCUT2D eigenvalue weighted by molar-refractivity contribution is 5.90. The quantitative estimate of drug-likeness (QED) is 0.814. The van der Waals surface area contributed by atoms with E-state index in [4.69, 9.17) is 0 Å². The average Bonchev–Trinajstić information content (AvgIpc) is 3.03. The predicted molar refractivity (Wildman–Crippen MR) is 69.6 cm³/mol. The van der Waals surface area contributed by atoms with Crippen molar-refractivity contribution < 1.29 is 4.79 Å². The van der Waals surface area contributed by atoms with Gasteiger partial charge < -0.3 is 4.90 Å². The van der Waals surface area contributed by atoms with Gasteiger partial charge in [0, 0.05) is 45.1 Å². The average molecular weight is 273 g/mol. The van der Waals surface area contributed by atoms with Crippen LogP contribution in [-0.4, -0.2) is 67.5 Å². The van der Waals surface area contributed by atoms with E-state index in [1.165, 1.54) is 5.56 Å². The zero-order valence-corrected chi connectivity index (χ0v) is 10.9. The van der Waals surface area contributed by atoms with Gasteiger partial charge in [0.2, 0.25) is 0 Å². The van der Waals surface area contributed by atoms with Gasteiger partial charge in [0.05, 0.1) is 0 Å². The zero-order chi connectivity index (χ0) is 13.8. The van der Waals surface area contributed by atoms with Crippen molar-refractivity contribution >= 4 is 5.91 Å². The number of rotatable bonds is 3. The molecule has 104 valence electrons. The van der Waals surface area contributed by atoms with Crippen molar-refractivity contribution in [1.29, 1.82) is 0 Å². The third kappa shape index (κ3) is 2.80. The number of carbonyl (C=O) groups is 1. The molecule has 0 aromatic carbocycles. The summed E-state index contributed by atoms with van der Waals surface area (Å²) in [4.78, 5) is 20.1. The van der Waals surface area contributed by atoms with Gasteiger partial charge in [-0.3, -0.25) is 14.7 Å². The van der Waals surface area contributed by atoms with Crippen LogP contribution in [0.5, 0.6) is 0 Å². The van der Waals surface area contributed by atoms with E-state index in [1.54, 1.807) is 17.3 Å². The van der Waals surface area contributed by atoms with Gasteiger partial charge in [-0.25, -0.2) is 0 Å². The molecule has 2 aromatic rings. The van der Waals surface area contributed by atoms with Crippen molar-refractivity contribution in [3.05, 3.63) is 35.9 Å². The van der Waals surface area contributed by atoms with Crippen molar-refractivity contribution in [2.24, 2.45) is 0 Å². The first-order valence-corrected chi connectivity index (χ1v) is 6.47. The molecule has 3 heterocycles. The maximum absolute atomic E-state index is 12.0. The molecule has 3 rings (SSSR count). The monoisotopic (exact) mass is 273 g/mol. The Morgan fingerprint density at radius 2 is 1.95 bits per heavy atom. The predicted octanol–water partition coefficient (Wildman–Crippen LogP) is -0.447. The number of pyridine rings is 1. The minimum atomic E-state index is -0.165. The molecule has 0 bridgehead atoms. The summed E-state index contributed by atoms with van der Waals surface area (Å²) >= 11 is 0. The van der Waals surface area contributed by atoms with E-state index in [9.17, 15) is 4.79 Å². The molecule has 0 spiro atoms. The van der Waals surface area contributed by atoms with Gasteiger partial charge in [-0.2, -0.15) is 5.21 Å². The highest BCUT2D eigenvalue weighted by Crippen LogP contribution is 2.09. The van der Waals surface area contributed by atoms with Crippen molar-refractivity contribution in [1.82, 2.24) is 35.4 Å². The Morgan fingerprint density at radius 1 is 1.20 bits per heavy atom. The van der Waals surface area contributed by atoms with Crippen molar-refractivity contribution in [3.63, 3.8) is 0 Å². The molecular weight excluding hydrogens is 258 g/mol. The van der Waals surface area contributed by atoms with Crippen LogP contribution in [0, 0.1) is 0 Å². The Balaban J connectivity index is 1.53. The molecular formula is C12H15N7O. The molecule has 0 saturated carbocycles. The van der Waals surface area contributed by atoms with Crippen LogP contribution < -0.4 is 0 Å². The third-order valence-corrected chi connectivity index (χ3v) is 3.35. The minimum Gasteiger partial charge on any atom is -0.333 e. The maximum Gasteiger partial charge on any atom is 0.295 e. The number of nitrogens with one attached hydrogen (secondary N) is 1. The van der Waals surface area contributed by atoms with Crippen LogP contribution in [0.15, 0.2) is 24.5 Å². The first-order valence-electron chi connectivity index (χ1n) is 6.47. The number of aromatic amines is 1. The van der Waals surface area contributed by atoms with Gasteiger partial charge in [-0.1, -0.05) is 0 Å². The van der Waals surface area contributed by atoms with Gasteiger partial charge in [-0.05, 0) is 22.9 Å². The lowest BCUT2D eigenvalue weighted by atomic mass is 10.2. The van der Waals surface area contributed by atoms with Crippen LogP contribution in [0.25, 0.3) is 0 Å². The summed E-state index contributed by atoms with van der Waals surface area (Å²) in [5.74, 6) is -0.0325. The number of piperazine rings is 1. The molecule has 1 fully saturated rings. The van der Waals surface area contributed by atoms with E-state index in [0.717, 1.165) is 19.6 Å². The van der Waals surface area contributed by atoms with E-state index in [0.29, 0.717) is 13.1 Å². The third-order valence-electron chi connectivity index (χ3n) is 3.35. The fraction of sp³-hybridized carbons (Fsp3) is 0.417. The summed E-state index contributed by atoms with van der Waals surface area (Å²) in [5, 5.41) is 13.1. The molecule has 2 aromatic heterocycles. The zero-order valence-electron chi connectivity index (χ0n) is 10.9. The van der Waals surface area contributed by atoms with E-state index < -0.39 is 0 Å².